The third kappa shape index (κ3) is 4.06. The first kappa shape index (κ1) is 15.5. The zero-order valence-electron chi connectivity index (χ0n) is 12.8. The second kappa shape index (κ2) is 7.25. The molecule has 1 aliphatic carbocycles. The number of amides is 1. The molecule has 0 aromatic heterocycles. The van der Waals surface area contributed by atoms with Crippen molar-refractivity contribution in [2.24, 2.45) is 5.92 Å². The van der Waals surface area contributed by atoms with Crippen LogP contribution in [0.4, 0.5) is 0 Å². The normalized spacial score (nSPS) is 17.0. The van der Waals surface area contributed by atoms with E-state index in [0.717, 1.165) is 19.3 Å². The maximum Gasteiger partial charge on any atom is 0.305 e. The molecular weight excluding hydrogens is 266 g/mol. The maximum atomic E-state index is 12.5. The smallest absolute Gasteiger partial charge is 0.305 e. The van der Waals surface area contributed by atoms with Crippen molar-refractivity contribution in [2.75, 3.05) is 20.7 Å². The number of carbonyl (C=O) groups is 2. The van der Waals surface area contributed by atoms with Crippen molar-refractivity contribution >= 4 is 11.9 Å². The zero-order valence-corrected chi connectivity index (χ0v) is 12.8. The fraction of sp³-hybridized carbons (Fsp3) is 0.529. The van der Waals surface area contributed by atoms with Gasteiger partial charge in [0.05, 0.1) is 7.11 Å². The molecule has 1 unspecified atom stereocenters. The molecule has 0 N–H and O–H groups in total. The van der Waals surface area contributed by atoms with Gasteiger partial charge in [-0.05, 0) is 36.8 Å². The van der Waals surface area contributed by atoms with E-state index in [1.165, 1.54) is 18.2 Å². The van der Waals surface area contributed by atoms with Crippen LogP contribution in [-0.2, 0) is 27.2 Å². The summed E-state index contributed by atoms with van der Waals surface area (Å²) in [4.78, 5) is 25.3. The highest BCUT2D eigenvalue weighted by molar-refractivity contribution is 5.79. The summed E-state index contributed by atoms with van der Waals surface area (Å²) < 4.78 is 4.61. The fourth-order valence-corrected chi connectivity index (χ4v) is 2.89. The van der Waals surface area contributed by atoms with Gasteiger partial charge in [0.15, 0.2) is 0 Å². The van der Waals surface area contributed by atoms with E-state index < -0.39 is 0 Å². The van der Waals surface area contributed by atoms with Gasteiger partial charge in [-0.15, -0.1) is 0 Å². The van der Waals surface area contributed by atoms with Crippen molar-refractivity contribution < 1.29 is 14.3 Å². The van der Waals surface area contributed by atoms with E-state index in [1.807, 2.05) is 13.1 Å². The minimum Gasteiger partial charge on any atom is -0.469 e. The molecule has 1 aromatic rings. The van der Waals surface area contributed by atoms with E-state index in [-0.39, 0.29) is 17.8 Å². The monoisotopic (exact) mass is 289 g/mol. The summed E-state index contributed by atoms with van der Waals surface area (Å²) in [6, 6.07) is 8.35. The number of hydrogen-bond acceptors (Lipinski definition) is 3. The summed E-state index contributed by atoms with van der Waals surface area (Å²) in [7, 11) is 3.21. The molecule has 0 saturated heterocycles. The van der Waals surface area contributed by atoms with Crippen LogP contribution in [0.25, 0.3) is 0 Å². The summed E-state index contributed by atoms with van der Waals surface area (Å²) in [5, 5.41) is 0. The first-order valence-corrected chi connectivity index (χ1v) is 7.50. The van der Waals surface area contributed by atoms with Gasteiger partial charge in [-0.25, -0.2) is 0 Å². The minimum atomic E-state index is -0.220. The van der Waals surface area contributed by atoms with Gasteiger partial charge in [0.25, 0.3) is 0 Å². The quantitative estimate of drug-likeness (QED) is 0.781. The summed E-state index contributed by atoms with van der Waals surface area (Å²) >= 11 is 0. The number of benzene rings is 1. The number of carbonyl (C=O) groups excluding carboxylic acids is 2. The van der Waals surface area contributed by atoms with E-state index in [2.05, 4.69) is 22.9 Å². The lowest BCUT2D eigenvalue weighted by atomic mass is 9.83. The van der Waals surface area contributed by atoms with Gasteiger partial charge in [0.2, 0.25) is 5.91 Å². The molecule has 1 amide bonds. The van der Waals surface area contributed by atoms with Crippen molar-refractivity contribution in [3.63, 3.8) is 0 Å². The molecule has 0 fully saturated rings. The number of fused-ring (bicyclic) bond motifs is 1. The Morgan fingerprint density at radius 2 is 2.00 bits per heavy atom. The van der Waals surface area contributed by atoms with Crippen LogP contribution in [0.1, 0.15) is 30.4 Å². The molecule has 0 saturated carbocycles. The lowest BCUT2D eigenvalue weighted by molar-refractivity contribution is -0.141. The summed E-state index contributed by atoms with van der Waals surface area (Å²) in [6.45, 7) is 0.603. The van der Waals surface area contributed by atoms with Crippen LogP contribution in [-0.4, -0.2) is 37.5 Å². The Kier molecular flexibility index (Phi) is 5.37. The molecule has 114 valence electrons. The standard InChI is InChI=1S/C17H23NO3/c1-18(11-5-8-16(19)21-2)17(20)15-10-9-13-6-3-4-7-14(13)12-15/h3-4,6-7,15H,5,8-12H2,1-2H3. The Balaban J connectivity index is 1.85. The molecule has 1 aromatic carbocycles. The SMILES string of the molecule is COC(=O)CCCN(C)C(=O)C1CCc2ccccc2C1. The maximum absolute atomic E-state index is 12.5. The molecule has 4 nitrogen and oxygen atoms in total. The van der Waals surface area contributed by atoms with Crippen molar-refractivity contribution in [1.82, 2.24) is 4.90 Å². The Hall–Kier alpha value is -1.84. The van der Waals surface area contributed by atoms with E-state index in [0.29, 0.717) is 19.4 Å². The number of esters is 1. The van der Waals surface area contributed by atoms with E-state index >= 15 is 0 Å². The highest BCUT2D eigenvalue weighted by atomic mass is 16.5. The molecule has 21 heavy (non-hydrogen) atoms. The molecular formula is C17H23NO3. The second-order valence-electron chi connectivity index (χ2n) is 5.65. The molecule has 1 atom stereocenters. The summed E-state index contributed by atoms with van der Waals surface area (Å²) in [5.74, 6) is 0.0415. The van der Waals surface area contributed by atoms with Crippen LogP contribution >= 0.6 is 0 Å². The topological polar surface area (TPSA) is 46.6 Å². The van der Waals surface area contributed by atoms with Crippen LogP contribution in [0.3, 0.4) is 0 Å². The number of ether oxygens (including phenoxy) is 1. The van der Waals surface area contributed by atoms with Gasteiger partial charge in [-0.2, -0.15) is 0 Å². The van der Waals surface area contributed by atoms with Gasteiger partial charge in [-0.1, -0.05) is 24.3 Å². The number of methoxy groups -OCH3 is 1. The lowest BCUT2D eigenvalue weighted by Gasteiger charge is -2.28. The third-order valence-corrected chi connectivity index (χ3v) is 4.17. The summed E-state index contributed by atoms with van der Waals surface area (Å²) in [6.07, 6.45) is 3.73. The Labute approximate surface area is 126 Å². The first-order chi connectivity index (χ1) is 10.1. The Morgan fingerprint density at radius 3 is 2.71 bits per heavy atom. The van der Waals surface area contributed by atoms with Gasteiger partial charge in [-0.3, -0.25) is 9.59 Å². The molecule has 0 radical (unpaired) electrons. The van der Waals surface area contributed by atoms with Crippen LogP contribution in [0, 0.1) is 5.92 Å². The van der Waals surface area contributed by atoms with E-state index in [9.17, 15) is 9.59 Å². The Bertz CT molecular complexity index is 513. The molecule has 1 aliphatic rings. The van der Waals surface area contributed by atoms with Gasteiger partial charge in [0, 0.05) is 25.9 Å². The second-order valence-corrected chi connectivity index (χ2v) is 5.65. The Morgan fingerprint density at radius 1 is 1.29 bits per heavy atom. The zero-order chi connectivity index (χ0) is 15.2. The molecule has 0 spiro atoms. The van der Waals surface area contributed by atoms with Crippen molar-refractivity contribution in [3.05, 3.63) is 35.4 Å². The average molecular weight is 289 g/mol. The third-order valence-electron chi connectivity index (χ3n) is 4.17. The molecule has 2 rings (SSSR count). The van der Waals surface area contributed by atoms with Gasteiger partial charge < -0.3 is 9.64 Å². The number of rotatable bonds is 5. The molecule has 0 aliphatic heterocycles. The highest BCUT2D eigenvalue weighted by Gasteiger charge is 2.26. The number of nitrogens with zero attached hydrogens (tertiary/aromatic N) is 1. The van der Waals surface area contributed by atoms with Gasteiger partial charge in [0.1, 0.15) is 0 Å². The van der Waals surface area contributed by atoms with Crippen molar-refractivity contribution in [2.45, 2.75) is 32.1 Å². The number of hydrogen-bond donors (Lipinski definition) is 0. The molecule has 4 heteroatoms. The van der Waals surface area contributed by atoms with Crippen LogP contribution in [0.15, 0.2) is 24.3 Å². The summed E-state index contributed by atoms with van der Waals surface area (Å²) in [5.41, 5.74) is 2.67. The largest absolute Gasteiger partial charge is 0.469 e. The number of aryl methyl sites for hydroxylation is 1. The van der Waals surface area contributed by atoms with E-state index in [4.69, 9.17) is 0 Å². The van der Waals surface area contributed by atoms with E-state index in [1.54, 1.807) is 4.90 Å². The predicted octanol–water partition coefficient (Wildman–Crippen LogP) is 2.20. The average Bonchev–Trinajstić information content (AvgIpc) is 2.53. The highest BCUT2D eigenvalue weighted by Crippen LogP contribution is 2.26. The fourth-order valence-electron chi connectivity index (χ4n) is 2.89. The predicted molar refractivity (Wildman–Crippen MR) is 80.8 cm³/mol. The van der Waals surface area contributed by atoms with Crippen molar-refractivity contribution in [3.8, 4) is 0 Å². The minimum absolute atomic E-state index is 0.0722. The lowest BCUT2D eigenvalue weighted by Crippen LogP contribution is -2.36. The molecule has 0 bridgehead atoms. The van der Waals surface area contributed by atoms with Crippen LogP contribution < -0.4 is 0 Å². The van der Waals surface area contributed by atoms with Gasteiger partial charge >= 0.3 is 5.97 Å². The molecule has 0 heterocycles. The first-order valence-electron chi connectivity index (χ1n) is 7.50. The van der Waals surface area contributed by atoms with Crippen molar-refractivity contribution in [1.29, 1.82) is 0 Å². The van der Waals surface area contributed by atoms with Crippen LogP contribution in [0.2, 0.25) is 0 Å². The van der Waals surface area contributed by atoms with Crippen LogP contribution in [0.5, 0.6) is 0 Å².